The van der Waals surface area contributed by atoms with Crippen LogP contribution in [-0.2, 0) is 0 Å². The largest absolute Gasteiger partial charge is 0.372 e. The van der Waals surface area contributed by atoms with Crippen molar-refractivity contribution in [1.82, 2.24) is 10.4 Å². The predicted molar refractivity (Wildman–Crippen MR) is 132 cm³/mol. The number of piperidine rings is 1. The lowest BCUT2D eigenvalue weighted by molar-refractivity contribution is 0.102. The zero-order valence-corrected chi connectivity index (χ0v) is 18.5. The van der Waals surface area contributed by atoms with E-state index in [1.54, 1.807) is 7.05 Å². The van der Waals surface area contributed by atoms with Crippen LogP contribution in [0.5, 0.6) is 0 Å². The summed E-state index contributed by atoms with van der Waals surface area (Å²) >= 11 is 0. The highest BCUT2D eigenvalue weighted by Crippen LogP contribution is 2.23. The molecule has 1 saturated heterocycles. The lowest BCUT2D eigenvalue weighted by Gasteiger charge is -2.28. The number of anilines is 2. The Morgan fingerprint density at radius 3 is 2.53 bits per heavy atom. The van der Waals surface area contributed by atoms with Crippen molar-refractivity contribution in [1.29, 1.82) is 0 Å². The zero-order chi connectivity index (χ0) is 22.5. The summed E-state index contributed by atoms with van der Waals surface area (Å²) in [6.45, 7) is 4.08. The van der Waals surface area contributed by atoms with E-state index < -0.39 is 0 Å². The highest BCUT2D eigenvalue weighted by atomic mass is 16.1. The van der Waals surface area contributed by atoms with Gasteiger partial charge in [-0.25, -0.2) is 5.43 Å². The number of rotatable bonds is 5. The first-order valence-corrected chi connectivity index (χ1v) is 10.9. The molecule has 8 nitrogen and oxygen atoms in total. The third-order valence-corrected chi connectivity index (χ3v) is 5.71. The number of hydrogen-bond acceptors (Lipinski definition) is 4. The van der Waals surface area contributed by atoms with Crippen LogP contribution in [-0.4, -0.2) is 42.7 Å². The highest BCUT2D eigenvalue weighted by Gasteiger charge is 2.13. The number of amides is 1. The van der Waals surface area contributed by atoms with E-state index in [9.17, 15) is 4.79 Å². The third-order valence-electron chi connectivity index (χ3n) is 5.71. The highest BCUT2D eigenvalue weighted by molar-refractivity contribution is 6.07. The standard InChI is InChI=1S/C24H29N7O/c1-16(29-30-24(25)26-2)17-6-11-21-18(14-17)15-22(28-21)23(32)27-19-7-9-20(10-8-19)31-12-4-3-5-13-31/h6-11,14-15,28H,3-5,12-13H2,1-2H3,(H,27,32)(H3,25,26,30)/b29-16-. The second kappa shape index (κ2) is 9.55. The molecule has 1 aliphatic heterocycles. The fourth-order valence-corrected chi connectivity index (χ4v) is 3.84. The molecule has 1 aliphatic rings. The van der Waals surface area contributed by atoms with Gasteiger partial charge in [-0.15, -0.1) is 0 Å². The summed E-state index contributed by atoms with van der Waals surface area (Å²) in [4.78, 5) is 22.2. The molecule has 0 radical (unpaired) electrons. The van der Waals surface area contributed by atoms with Crippen molar-refractivity contribution in [2.45, 2.75) is 26.2 Å². The molecule has 1 aromatic heterocycles. The number of aromatic nitrogens is 1. The quantitative estimate of drug-likeness (QED) is 0.281. The number of nitrogens with two attached hydrogens (primary N) is 1. The van der Waals surface area contributed by atoms with E-state index in [4.69, 9.17) is 5.73 Å². The summed E-state index contributed by atoms with van der Waals surface area (Å²) < 4.78 is 0. The lowest BCUT2D eigenvalue weighted by Crippen LogP contribution is -2.29. The number of benzene rings is 2. The molecule has 8 heteroatoms. The van der Waals surface area contributed by atoms with Crippen LogP contribution in [0.4, 0.5) is 11.4 Å². The molecule has 166 valence electrons. The molecule has 1 amide bonds. The maximum atomic E-state index is 12.8. The Morgan fingerprint density at radius 2 is 1.81 bits per heavy atom. The van der Waals surface area contributed by atoms with Crippen LogP contribution in [0.2, 0.25) is 0 Å². The average molecular weight is 432 g/mol. The van der Waals surface area contributed by atoms with Gasteiger partial charge in [0.15, 0.2) is 0 Å². The number of guanidine groups is 1. The van der Waals surface area contributed by atoms with Crippen molar-refractivity contribution in [3.8, 4) is 0 Å². The molecule has 32 heavy (non-hydrogen) atoms. The molecule has 4 rings (SSSR count). The van der Waals surface area contributed by atoms with Gasteiger partial charge in [0.05, 0.1) is 5.71 Å². The predicted octanol–water partition coefficient (Wildman–Crippen LogP) is 3.67. The normalized spacial score (nSPS) is 15.1. The molecule has 2 aromatic carbocycles. The zero-order valence-electron chi connectivity index (χ0n) is 18.5. The van der Waals surface area contributed by atoms with E-state index in [0.717, 1.165) is 41.0 Å². The van der Waals surface area contributed by atoms with Gasteiger partial charge >= 0.3 is 0 Å². The van der Waals surface area contributed by atoms with E-state index in [2.05, 4.69) is 42.9 Å². The van der Waals surface area contributed by atoms with Crippen molar-refractivity contribution in [2.75, 3.05) is 30.4 Å². The Labute approximate surface area is 187 Å². The van der Waals surface area contributed by atoms with Crippen molar-refractivity contribution in [3.05, 3.63) is 59.8 Å². The number of aromatic amines is 1. The van der Waals surface area contributed by atoms with Crippen molar-refractivity contribution >= 4 is 39.9 Å². The van der Waals surface area contributed by atoms with Gasteiger partial charge in [-0.3, -0.25) is 9.79 Å². The first-order chi connectivity index (χ1) is 15.5. The second-order valence-corrected chi connectivity index (χ2v) is 7.95. The number of hydrogen-bond donors (Lipinski definition) is 4. The van der Waals surface area contributed by atoms with Crippen molar-refractivity contribution in [3.63, 3.8) is 0 Å². The molecule has 5 N–H and O–H groups in total. The smallest absolute Gasteiger partial charge is 0.272 e. The van der Waals surface area contributed by atoms with Crippen LogP contribution in [0.25, 0.3) is 10.9 Å². The Bertz CT molecular complexity index is 1150. The van der Waals surface area contributed by atoms with E-state index in [1.807, 2.05) is 43.3 Å². The summed E-state index contributed by atoms with van der Waals surface area (Å²) in [7, 11) is 1.59. The van der Waals surface area contributed by atoms with E-state index in [0.29, 0.717) is 5.69 Å². The first kappa shape index (κ1) is 21.4. The topological polar surface area (TPSA) is 111 Å². The number of H-pyrrole nitrogens is 1. The van der Waals surface area contributed by atoms with Crippen LogP contribution in [0.15, 0.2) is 58.6 Å². The monoisotopic (exact) mass is 431 g/mol. The van der Waals surface area contributed by atoms with Gasteiger partial charge < -0.3 is 20.9 Å². The molecule has 0 atom stereocenters. The van der Waals surface area contributed by atoms with Gasteiger partial charge in [0.2, 0.25) is 5.96 Å². The van der Waals surface area contributed by atoms with Gasteiger partial charge in [0, 0.05) is 42.4 Å². The molecule has 0 spiro atoms. The number of nitrogens with one attached hydrogen (secondary N) is 3. The van der Waals surface area contributed by atoms with Crippen LogP contribution in [0.1, 0.15) is 42.2 Å². The number of carbonyl (C=O) groups excluding carboxylic acids is 1. The minimum Gasteiger partial charge on any atom is -0.372 e. The van der Waals surface area contributed by atoms with Gasteiger partial charge in [0.25, 0.3) is 5.91 Å². The lowest BCUT2D eigenvalue weighted by atomic mass is 10.1. The van der Waals surface area contributed by atoms with Crippen LogP contribution >= 0.6 is 0 Å². The van der Waals surface area contributed by atoms with Crippen molar-refractivity contribution in [2.24, 2.45) is 15.8 Å². The summed E-state index contributed by atoms with van der Waals surface area (Å²) in [5.41, 5.74) is 13.4. The van der Waals surface area contributed by atoms with Gasteiger partial charge in [-0.05, 0) is 74.2 Å². The molecule has 0 saturated carbocycles. The van der Waals surface area contributed by atoms with Crippen LogP contribution in [0.3, 0.4) is 0 Å². The summed E-state index contributed by atoms with van der Waals surface area (Å²) in [5, 5.41) is 8.14. The van der Waals surface area contributed by atoms with E-state index in [-0.39, 0.29) is 11.9 Å². The summed E-state index contributed by atoms with van der Waals surface area (Å²) in [6.07, 6.45) is 3.79. The van der Waals surface area contributed by atoms with Crippen molar-refractivity contribution < 1.29 is 4.79 Å². The molecular weight excluding hydrogens is 402 g/mol. The number of carbonyl (C=O) groups is 1. The number of hydrazone groups is 1. The third kappa shape index (κ3) is 4.91. The number of aliphatic imine (C=N–C) groups is 1. The number of nitrogens with zero attached hydrogens (tertiary/aromatic N) is 3. The Hall–Kier alpha value is -3.81. The SMILES string of the molecule is CN=C(N)N/N=C(/C)c1ccc2[nH]c(C(=O)Nc3ccc(N4CCCCC4)cc3)cc2c1. The molecule has 0 aliphatic carbocycles. The molecule has 0 unspecified atom stereocenters. The second-order valence-electron chi connectivity index (χ2n) is 7.95. The van der Waals surface area contributed by atoms with Gasteiger partial charge in [-0.1, -0.05) is 6.07 Å². The Balaban J connectivity index is 1.45. The van der Waals surface area contributed by atoms with E-state index in [1.165, 1.54) is 24.9 Å². The molecule has 1 fully saturated rings. The van der Waals surface area contributed by atoms with Crippen LogP contribution < -0.4 is 21.4 Å². The fraction of sp³-hybridized carbons (Fsp3) is 0.292. The fourth-order valence-electron chi connectivity index (χ4n) is 3.84. The average Bonchev–Trinajstić information content (AvgIpc) is 3.27. The maximum absolute atomic E-state index is 12.8. The summed E-state index contributed by atoms with van der Waals surface area (Å²) in [6, 6.07) is 15.8. The number of fused-ring (bicyclic) bond motifs is 1. The molecule has 2 heterocycles. The maximum Gasteiger partial charge on any atom is 0.272 e. The minimum atomic E-state index is -0.174. The summed E-state index contributed by atoms with van der Waals surface area (Å²) in [5.74, 6) is 0.0717. The van der Waals surface area contributed by atoms with Gasteiger partial charge in [0.1, 0.15) is 5.69 Å². The molecule has 3 aromatic rings. The first-order valence-electron chi connectivity index (χ1n) is 10.9. The Morgan fingerprint density at radius 1 is 1.06 bits per heavy atom. The molecule has 0 bridgehead atoms. The van der Waals surface area contributed by atoms with E-state index >= 15 is 0 Å². The molecular formula is C24H29N7O. The van der Waals surface area contributed by atoms with Gasteiger partial charge in [-0.2, -0.15) is 5.10 Å². The Kier molecular flexibility index (Phi) is 6.39. The van der Waals surface area contributed by atoms with Crippen LogP contribution in [0, 0.1) is 0 Å². The minimum absolute atomic E-state index is 0.174.